The van der Waals surface area contributed by atoms with Gasteiger partial charge in [0.05, 0.1) is 13.7 Å². The number of nitrogens with one attached hydrogen (secondary N) is 1. The van der Waals surface area contributed by atoms with E-state index in [1.807, 2.05) is 12.1 Å². The lowest BCUT2D eigenvalue weighted by Crippen LogP contribution is -2.30. The van der Waals surface area contributed by atoms with Crippen LogP contribution in [0.3, 0.4) is 0 Å². The van der Waals surface area contributed by atoms with Gasteiger partial charge in [0.2, 0.25) is 0 Å². The largest absolute Gasteiger partial charge is 0.496 e. The normalized spacial score (nSPS) is 20.2. The summed E-state index contributed by atoms with van der Waals surface area (Å²) >= 11 is 0. The standard InChI is InChI=1S/C14H21NO2/c1-17-14-12(5-2-6-13(14)10-16)8-11-4-3-7-15-9-11/h2,5-6,11,15-16H,3-4,7-10H2,1H3. The predicted octanol–water partition coefficient (Wildman–Crippen LogP) is 1.73. The molecule has 2 N–H and O–H groups in total. The van der Waals surface area contributed by atoms with Crippen LogP contribution < -0.4 is 10.1 Å². The molecule has 0 bridgehead atoms. The van der Waals surface area contributed by atoms with Gasteiger partial charge in [0.25, 0.3) is 0 Å². The number of aliphatic hydroxyl groups is 1. The summed E-state index contributed by atoms with van der Waals surface area (Å²) in [6.45, 7) is 2.27. The van der Waals surface area contributed by atoms with Gasteiger partial charge in [0.15, 0.2) is 0 Å². The molecule has 1 unspecified atom stereocenters. The van der Waals surface area contributed by atoms with Crippen LogP contribution in [0.2, 0.25) is 0 Å². The van der Waals surface area contributed by atoms with Crippen molar-refractivity contribution < 1.29 is 9.84 Å². The molecular formula is C14H21NO2. The molecule has 1 aromatic carbocycles. The molecule has 0 aliphatic carbocycles. The summed E-state index contributed by atoms with van der Waals surface area (Å²) in [5.41, 5.74) is 2.10. The molecule has 1 fully saturated rings. The minimum Gasteiger partial charge on any atom is -0.496 e. The number of piperidine rings is 1. The number of para-hydroxylation sites is 1. The summed E-state index contributed by atoms with van der Waals surface area (Å²) in [6.07, 6.45) is 3.57. The Hall–Kier alpha value is -1.06. The van der Waals surface area contributed by atoms with Gasteiger partial charge in [-0.1, -0.05) is 18.2 Å². The minimum absolute atomic E-state index is 0.0416. The monoisotopic (exact) mass is 235 g/mol. The molecule has 1 saturated heterocycles. The Bertz CT molecular complexity index is 359. The Kier molecular flexibility index (Phi) is 4.40. The van der Waals surface area contributed by atoms with Crippen molar-refractivity contribution in [2.75, 3.05) is 20.2 Å². The van der Waals surface area contributed by atoms with Gasteiger partial charge in [-0.2, -0.15) is 0 Å². The second-order valence-corrected chi connectivity index (χ2v) is 4.68. The predicted molar refractivity (Wildman–Crippen MR) is 68.2 cm³/mol. The summed E-state index contributed by atoms with van der Waals surface area (Å²) in [7, 11) is 1.68. The number of methoxy groups -OCH3 is 1. The van der Waals surface area contributed by atoms with E-state index in [9.17, 15) is 5.11 Å². The van der Waals surface area contributed by atoms with Gasteiger partial charge in [0, 0.05) is 5.56 Å². The molecule has 0 radical (unpaired) electrons. The lowest BCUT2D eigenvalue weighted by Gasteiger charge is -2.24. The Labute approximate surface area is 103 Å². The Balaban J connectivity index is 2.13. The molecule has 3 heteroatoms. The first kappa shape index (κ1) is 12.4. The summed E-state index contributed by atoms with van der Waals surface area (Å²) in [6, 6.07) is 6.02. The number of hydrogen-bond acceptors (Lipinski definition) is 3. The first-order valence-electron chi connectivity index (χ1n) is 6.31. The van der Waals surface area contributed by atoms with Crippen LogP contribution in [0.15, 0.2) is 18.2 Å². The number of hydrogen-bond donors (Lipinski definition) is 2. The van der Waals surface area contributed by atoms with Gasteiger partial charge < -0.3 is 15.2 Å². The maximum atomic E-state index is 9.29. The summed E-state index contributed by atoms with van der Waals surface area (Å²) in [4.78, 5) is 0. The van der Waals surface area contributed by atoms with E-state index in [4.69, 9.17) is 4.74 Å². The van der Waals surface area contributed by atoms with Crippen LogP contribution in [-0.4, -0.2) is 25.3 Å². The summed E-state index contributed by atoms with van der Waals surface area (Å²) in [5.74, 6) is 1.55. The molecular weight excluding hydrogens is 214 g/mol. The molecule has 1 aromatic rings. The summed E-state index contributed by atoms with van der Waals surface area (Å²) in [5, 5.41) is 12.7. The second-order valence-electron chi connectivity index (χ2n) is 4.68. The van der Waals surface area contributed by atoms with Crippen molar-refractivity contribution in [2.45, 2.75) is 25.9 Å². The number of rotatable bonds is 4. The molecule has 0 amide bonds. The Morgan fingerprint density at radius 2 is 2.24 bits per heavy atom. The molecule has 1 heterocycles. The number of benzene rings is 1. The van der Waals surface area contributed by atoms with Crippen LogP contribution in [0.25, 0.3) is 0 Å². The van der Waals surface area contributed by atoms with E-state index in [2.05, 4.69) is 11.4 Å². The highest BCUT2D eigenvalue weighted by molar-refractivity contribution is 5.41. The van der Waals surface area contributed by atoms with Crippen molar-refractivity contribution in [3.63, 3.8) is 0 Å². The Morgan fingerprint density at radius 3 is 2.88 bits per heavy atom. The average molecular weight is 235 g/mol. The zero-order chi connectivity index (χ0) is 12.1. The molecule has 1 aliphatic heterocycles. The molecule has 1 atom stereocenters. The van der Waals surface area contributed by atoms with Gasteiger partial charge >= 0.3 is 0 Å². The average Bonchev–Trinajstić information content (AvgIpc) is 2.39. The molecule has 0 spiro atoms. The third-order valence-electron chi connectivity index (χ3n) is 3.46. The van der Waals surface area contributed by atoms with Crippen LogP contribution in [0.5, 0.6) is 5.75 Å². The van der Waals surface area contributed by atoms with E-state index < -0.39 is 0 Å². The first-order chi connectivity index (χ1) is 8.35. The maximum absolute atomic E-state index is 9.29. The fourth-order valence-corrected chi connectivity index (χ4v) is 2.59. The topological polar surface area (TPSA) is 41.5 Å². The molecule has 0 saturated carbocycles. The van der Waals surface area contributed by atoms with Gasteiger partial charge in [0.1, 0.15) is 5.75 Å². The minimum atomic E-state index is 0.0416. The van der Waals surface area contributed by atoms with Crippen LogP contribution in [-0.2, 0) is 13.0 Å². The van der Waals surface area contributed by atoms with Crippen molar-refractivity contribution in [3.05, 3.63) is 29.3 Å². The molecule has 0 aromatic heterocycles. The van der Waals surface area contributed by atoms with Crippen molar-refractivity contribution in [1.82, 2.24) is 5.32 Å². The lowest BCUT2D eigenvalue weighted by molar-refractivity contribution is 0.272. The van der Waals surface area contributed by atoms with Gasteiger partial charge in [-0.3, -0.25) is 0 Å². The highest BCUT2D eigenvalue weighted by atomic mass is 16.5. The van der Waals surface area contributed by atoms with E-state index in [1.54, 1.807) is 7.11 Å². The van der Waals surface area contributed by atoms with Crippen molar-refractivity contribution >= 4 is 0 Å². The van der Waals surface area contributed by atoms with Gasteiger partial charge in [-0.25, -0.2) is 0 Å². The molecule has 2 rings (SSSR count). The molecule has 1 aliphatic rings. The van der Waals surface area contributed by atoms with Crippen molar-refractivity contribution in [3.8, 4) is 5.75 Å². The van der Waals surface area contributed by atoms with E-state index in [0.29, 0.717) is 5.92 Å². The highest BCUT2D eigenvalue weighted by Gasteiger charge is 2.16. The zero-order valence-electron chi connectivity index (χ0n) is 10.4. The fourth-order valence-electron chi connectivity index (χ4n) is 2.59. The van der Waals surface area contributed by atoms with Crippen molar-refractivity contribution in [1.29, 1.82) is 0 Å². The van der Waals surface area contributed by atoms with Gasteiger partial charge in [-0.15, -0.1) is 0 Å². The SMILES string of the molecule is COc1c(CO)cccc1CC1CCCNC1. The van der Waals surface area contributed by atoms with Crippen LogP contribution in [0.1, 0.15) is 24.0 Å². The number of aliphatic hydroxyl groups excluding tert-OH is 1. The highest BCUT2D eigenvalue weighted by Crippen LogP contribution is 2.27. The lowest BCUT2D eigenvalue weighted by atomic mass is 9.91. The molecule has 3 nitrogen and oxygen atoms in total. The quantitative estimate of drug-likeness (QED) is 0.835. The zero-order valence-corrected chi connectivity index (χ0v) is 10.4. The molecule has 17 heavy (non-hydrogen) atoms. The fraction of sp³-hybridized carbons (Fsp3) is 0.571. The summed E-state index contributed by atoms with van der Waals surface area (Å²) < 4.78 is 5.43. The van der Waals surface area contributed by atoms with E-state index in [-0.39, 0.29) is 6.61 Å². The van der Waals surface area contributed by atoms with Crippen LogP contribution in [0, 0.1) is 5.92 Å². The van der Waals surface area contributed by atoms with E-state index >= 15 is 0 Å². The molecule has 94 valence electrons. The van der Waals surface area contributed by atoms with Crippen molar-refractivity contribution in [2.24, 2.45) is 5.92 Å². The van der Waals surface area contributed by atoms with Gasteiger partial charge in [-0.05, 0) is 43.8 Å². The Morgan fingerprint density at radius 1 is 1.41 bits per heavy atom. The smallest absolute Gasteiger partial charge is 0.127 e. The van der Waals surface area contributed by atoms with E-state index in [0.717, 1.165) is 30.8 Å². The van der Waals surface area contributed by atoms with E-state index in [1.165, 1.54) is 18.4 Å². The number of ether oxygens (including phenoxy) is 1. The third kappa shape index (κ3) is 2.99. The second kappa shape index (κ2) is 6.03. The van der Waals surface area contributed by atoms with Crippen LogP contribution >= 0.6 is 0 Å². The third-order valence-corrected chi connectivity index (χ3v) is 3.46. The first-order valence-corrected chi connectivity index (χ1v) is 6.31. The maximum Gasteiger partial charge on any atom is 0.127 e. The van der Waals surface area contributed by atoms with Crippen LogP contribution in [0.4, 0.5) is 0 Å².